The lowest BCUT2D eigenvalue weighted by molar-refractivity contribution is -0.141. The lowest BCUT2D eigenvalue weighted by Gasteiger charge is -2.20. The van der Waals surface area contributed by atoms with Crippen LogP contribution in [0.25, 0.3) is 0 Å². The summed E-state index contributed by atoms with van der Waals surface area (Å²) >= 11 is 0. The van der Waals surface area contributed by atoms with Crippen LogP contribution in [-0.4, -0.2) is 35.9 Å². The van der Waals surface area contributed by atoms with Crippen LogP contribution in [0.3, 0.4) is 0 Å². The highest BCUT2D eigenvalue weighted by molar-refractivity contribution is 5.85. The summed E-state index contributed by atoms with van der Waals surface area (Å²) in [7, 11) is 1.39. The van der Waals surface area contributed by atoms with E-state index in [1.165, 1.54) is 7.11 Å². The summed E-state index contributed by atoms with van der Waals surface area (Å²) in [5, 5.41) is 10.3. The van der Waals surface area contributed by atoms with E-state index in [0.29, 0.717) is 25.7 Å². The highest BCUT2D eigenvalue weighted by atomic mass is 16.5. The maximum absolute atomic E-state index is 12.3. The van der Waals surface area contributed by atoms with Crippen molar-refractivity contribution in [3.63, 3.8) is 0 Å². The average Bonchev–Trinajstić information content (AvgIpc) is 2.93. The lowest BCUT2D eigenvalue weighted by atomic mass is 9.85. The first kappa shape index (κ1) is 24.5. The van der Waals surface area contributed by atoms with Crippen LogP contribution in [0.5, 0.6) is 0 Å². The third-order valence-electron chi connectivity index (χ3n) is 5.94. The van der Waals surface area contributed by atoms with Gasteiger partial charge in [-0.25, -0.2) is 0 Å². The maximum atomic E-state index is 12.3. The fraction of sp³-hybridized carbons (Fsp3) is 0.783. The Labute approximate surface area is 169 Å². The fourth-order valence-electron chi connectivity index (χ4n) is 3.96. The van der Waals surface area contributed by atoms with Crippen molar-refractivity contribution >= 4 is 17.5 Å². The summed E-state index contributed by atoms with van der Waals surface area (Å²) in [6.07, 6.45) is 9.33. The number of carbonyl (C=O) groups excluding carboxylic acids is 3. The maximum Gasteiger partial charge on any atom is 0.305 e. The van der Waals surface area contributed by atoms with E-state index in [9.17, 15) is 19.5 Å². The number of aliphatic hydroxyl groups excluding tert-OH is 1. The molecule has 5 nitrogen and oxygen atoms in total. The van der Waals surface area contributed by atoms with Crippen LogP contribution in [0.4, 0.5) is 0 Å². The molecule has 160 valence electrons. The Morgan fingerprint density at radius 2 is 2.00 bits per heavy atom. The first-order chi connectivity index (χ1) is 13.3. The van der Waals surface area contributed by atoms with Gasteiger partial charge < -0.3 is 9.84 Å². The van der Waals surface area contributed by atoms with Gasteiger partial charge in [0.2, 0.25) is 0 Å². The minimum absolute atomic E-state index is 0.0591. The third kappa shape index (κ3) is 8.26. The summed E-state index contributed by atoms with van der Waals surface area (Å²) in [6.45, 7) is 6.08. The summed E-state index contributed by atoms with van der Waals surface area (Å²) in [5.74, 6) is 0.0263. The van der Waals surface area contributed by atoms with Gasteiger partial charge in [0.05, 0.1) is 13.2 Å². The molecule has 5 heteroatoms. The van der Waals surface area contributed by atoms with E-state index in [1.54, 1.807) is 0 Å². The van der Waals surface area contributed by atoms with Crippen molar-refractivity contribution < 1.29 is 24.2 Å². The minimum Gasteiger partial charge on any atom is -0.469 e. The van der Waals surface area contributed by atoms with Crippen LogP contribution in [0.1, 0.15) is 78.6 Å². The molecule has 0 spiro atoms. The van der Waals surface area contributed by atoms with E-state index in [-0.39, 0.29) is 47.6 Å². The van der Waals surface area contributed by atoms with E-state index in [4.69, 9.17) is 0 Å². The van der Waals surface area contributed by atoms with Crippen molar-refractivity contribution in [3.05, 3.63) is 12.2 Å². The molecular formula is C23H38O5. The molecule has 1 saturated carbocycles. The number of allylic oxidation sites excluding steroid dienone is 2. The van der Waals surface area contributed by atoms with E-state index in [0.717, 1.165) is 25.7 Å². The molecule has 1 N–H and O–H groups in total. The molecule has 0 saturated heterocycles. The Bertz CT molecular complexity index is 539. The second kappa shape index (κ2) is 12.9. The van der Waals surface area contributed by atoms with Gasteiger partial charge in [0, 0.05) is 31.1 Å². The van der Waals surface area contributed by atoms with Gasteiger partial charge in [-0.2, -0.15) is 0 Å². The van der Waals surface area contributed by atoms with Crippen molar-refractivity contribution in [2.24, 2.45) is 23.7 Å². The Morgan fingerprint density at radius 1 is 1.29 bits per heavy atom. The number of methoxy groups -OCH3 is 1. The number of ether oxygens (including phenoxy) is 1. The molecule has 28 heavy (non-hydrogen) atoms. The average molecular weight is 395 g/mol. The molecule has 1 fully saturated rings. The van der Waals surface area contributed by atoms with Crippen LogP contribution in [0, 0.1) is 23.7 Å². The fourth-order valence-corrected chi connectivity index (χ4v) is 3.96. The molecule has 5 atom stereocenters. The molecule has 0 heterocycles. The zero-order valence-electron chi connectivity index (χ0n) is 18.0. The van der Waals surface area contributed by atoms with Crippen molar-refractivity contribution in [2.45, 2.75) is 84.7 Å². The molecule has 0 radical (unpaired) electrons. The zero-order chi connectivity index (χ0) is 21.1. The zero-order valence-corrected chi connectivity index (χ0v) is 18.0. The Morgan fingerprint density at radius 3 is 2.64 bits per heavy atom. The van der Waals surface area contributed by atoms with Gasteiger partial charge in [-0.15, -0.1) is 0 Å². The van der Waals surface area contributed by atoms with Crippen LogP contribution in [-0.2, 0) is 19.1 Å². The normalized spacial score (nSPS) is 24.5. The smallest absolute Gasteiger partial charge is 0.305 e. The van der Waals surface area contributed by atoms with Crippen molar-refractivity contribution in [2.75, 3.05) is 7.11 Å². The SMILES string of the molecule is CCCCC(C)C(=O)CC[C@H]1C(O)CC(=O)C1C/C=C\CC(C)CC(=O)OC. The molecule has 0 bridgehead atoms. The first-order valence-corrected chi connectivity index (χ1v) is 10.7. The van der Waals surface area contributed by atoms with E-state index >= 15 is 0 Å². The molecule has 0 aromatic rings. The summed E-state index contributed by atoms with van der Waals surface area (Å²) in [4.78, 5) is 35.9. The van der Waals surface area contributed by atoms with Crippen LogP contribution >= 0.6 is 0 Å². The van der Waals surface area contributed by atoms with Crippen molar-refractivity contribution in [1.29, 1.82) is 0 Å². The Kier molecular flexibility index (Phi) is 11.3. The van der Waals surface area contributed by atoms with Gasteiger partial charge in [-0.05, 0) is 37.5 Å². The molecular weight excluding hydrogens is 356 g/mol. The number of esters is 1. The van der Waals surface area contributed by atoms with Gasteiger partial charge >= 0.3 is 5.97 Å². The molecule has 0 aliphatic heterocycles. The summed E-state index contributed by atoms with van der Waals surface area (Å²) in [6, 6.07) is 0. The number of ketones is 2. The van der Waals surface area contributed by atoms with E-state index in [2.05, 4.69) is 11.7 Å². The van der Waals surface area contributed by atoms with Crippen molar-refractivity contribution in [1.82, 2.24) is 0 Å². The molecule has 1 aliphatic carbocycles. The third-order valence-corrected chi connectivity index (χ3v) is 5.94. The van der Waals surface area contributed by atoms with E-state index in [1.807, 2.05) is 26.0 Å². The second-order valence-corrected chi connectivity index (χ2v) is 8.38. The summed E-state index contributed by atoms with van der Waals surface area (Å²) < 4.78 is 4.67. The van der Waals surface area contributed by atoms with Crippen LogP contribution in [0.15, 0.2) is 12.2 Å². The highest BCUT2D eigenvalue weighted by Gasteiger charge is 2.40. The number of Topliss-reactive ketones (excluding diaryl/α,β-unsaturated/α-hetero) is 2. The number of hydrogen-bond donors (Lipinski definition) is 1. The van der Waals surface area contributed by atoms with Gasteiger partial charge in [0.25, 0.3) is 0 Å². The summed E-state index contributed by atoms with van der Waals surface area (Å²) in [5.41, 5.74) is 0. The predicted molar refractivity (Wildman–Crippen MR) is 110 cm³/mol. The second-order valence-electron chi connectivity index (χ2n) is 8.38. The predicted octanol–water partition coefficient (Wildman–Crippen LogP) is 4.26. The number of unbranched alkanes of at least 4 members (excludes halogenated alkanes) is 1. The van der Waals surface area contributed by atoms with Gasteiger partial charge in [-0.3, -0.25) is 14.4 Å². The lowest BCUT2D eigenvalue weighted by Crippen LogP contribution is -2.22. The number of carbonyl (C=O) groups is 3. The number of aliphatic hydroxyl groups is 1. The van der Waals surface area contributed by atoms with E-state index < -0.39 is 6.10 Å². The topological polar surface area (TPSA) is 80.7 Å². The molecule has 0 aromatic heterocycles. The Hall–Kier alpha value is -1.49. The van der Waals surface area contributed by atoms with Crippen LogP contribution < -0.4 is 0 Å². The standard InChI is InChI=1S/C23H38O5/c1-5-6-10-17(3)20(24)13-12-19-18(21(25)15-22(19)26)11-8-7-9-16(2)14-23(27)28-4/h7-8,16-19,22,26H,5-6,9-15H2,1-4H3/b8-7-/t16?,17?,18?,19-,22?/m1/s1. The van der Waals surface area contributed by atoms with Crippen LogP contribution in [0.2, 0.25) is 0 Å². The molecule has 0 aromatic carbocycles. The first-order valence-electron chi connectivity index (χ1n) is 10.7. The van der Waals surface area contributed by atoms with Gasteiger partial charge in [0.15, 0.2) is 0 Å². The highest BCUT2D eigenvalue weighted by Crippen LogP contribution is 2.35. The monoisotopic (exact) mass is 394 g/mol. The molecule has 1 rings (SSSR count). The molecule has 4 unspecified atom stereocenters. The number of rotatable bonds is 13. The van der Waals surface area contributed by atoms with Gasteiger partial charge in [0.1, 0.15) is 11.6 Å². The molecule has 1 aliphatic rings. The largest absolute Gasteiger partial charge is 0.469 e. The number of hydrogen-bond acceptors (Lipinski definition) is 5. The minimum atomic E-state index is -0.636. The quantitative estimate of drug-likeness (QED) is 0.373. The van der Waals surface area contributed by atoms with Crippen molar-refractivity contribution in [3.8, 4) is 0 Å². The molecule has 0 amide bonds. The Balaban J connectivity index is 2.50. The van der Waals surface area contributed by atoms with Gasteiger partial charge in [-0.1, -0.05) is 45.8 Å².